The lowest BCUT2D eigenvalue weighted by atomic mass is 9.83. The van der Waals surface area contributed by atoms with Crippen LogP contribution in [-0.2, 0) is 6.42 Å². The van der Waals surface area contributed by atoms with Gasteiger partial charge in [-0.05, 0) is 43.4 Å². The van der Waals surface area contributed by atoms with Gasteiger partial charge in [0.25, 0.3) is 0 Å². The highest BCUT2D eigenvalue weighted by atomic mass is 14.9. The molecule has 3 nitrogen and oxygen atoms in total. The van der Waals surface area contributed by atoms with E-state index in [0.717, 1.165) is 18.4 Å². The van der Waals surface area contributed by atoms with Gasteiger partial charge in [-0.3, -0.25) is 0 Å². The molecule has 0 amide bonds. The van der Waals surface area contributed by atoms with Crippen LogP contribution in [0.2, 0.25) is 0 Å². The topological polar surface area (TPSA) is 50.9 Å². The molecule has 96 valence electrons. The molecule has 1 atom stereocenters. The van der Waals surface area contributed by atoms with Crippen molar-refractivity contribution in [2.45, 2.75) is 46.6 Å². The lowest BCUT2D eigenvalue weighted by molar-refractivity contribution is 0.268. The van der Waals surface area contributed by atoms with Crippen LogP contribution >= 0.6 is 0 Å². The van der Waals surface area contributed by atoms with Crippen molar-refractivity contribution in [3.8, 4) is 0 Å². The Bertz CT molecular complexity index is 366. The Labute approximate surface area is 105 Å². The Balaban J connectivity index is 2.69. The number of nitrogen functional groups attached to an aromatic ring is 1. The summed E-state index contributed by atoms with van der Waals surface area (Å²) in [5.41, 5.74) is 8.49. The summed E-state index contributed by atoms with van der Waals surface area (Å²) >= 11 is 0. The molecular weight excluding hydrogens is 210 g/mol. The lowest BCUT2D eigenvalue weighted by Crippen LogP contribution is -2.38. The average Bonchev–Trinajstić information content (AvgIpc) is 2.22. The fraction of sp³-hybridized carbons (Fsp3) is 0.643. The predicted molar refractivity (Wildman–Crippen MR) is 74.0 cm³/mol. The molecular formula is C14H25N3. The van der Waals surface area contributed by atoms with Crippen LogP contribution in [0.3, 0.4) is 0 Å². The first kappa shape index (κ1) is 14.0. The molecule has 3 heteroatoms. The van der Waals surface area contributed by atoms with Crippen molar-refractivity contribution in [3.05, 3.63) is 23.4 Å². The Morgan fingerprint density at radius 3 is 2.59 bits per heavy atom. The maximum atomic E-state index is 5.89. The minimum Gasteiger partial charge on any atom is -0.383 e. The van der Waals surface area contributed by atoms with Crippen molar-refractivity contribution < 1.29 is 0 Å². The first-order chi connectivity index (χ1) is 7.84. The molecule has 0 aliphatic rings. The summed E-state index contributed by atoms with van der Waals surface area (Å²) in [5.74, 6) is 0.666. The zero-order valence-corrected chi connectivity index (χ0v) is 11.7. The summed E-state index contributed by atoms with van der Waals surface area (Å²) < 4.78 is 0. The van der Waals surface area contributed by atoms with E-state index in [1.807, 2.05) is 13.2 Å². The monoisotopic (exact) mass is 235 g/mol. The third-order valence-corrected chi connectivity index (χ3v) is 3.23. The number of hydrogen-bond acceptors (Lipinski definition) is 3. The molecule has 1 aromatic heterocycles. The molecule has 1 unspecified atom stereocenters. The molecule has 0 fully saturated rings. The van der Waals surface area contributed by atoms with Gasteiger partial charge in [-0.15, -0.1) is 0 Å². The quantitative estimate of drug-likeness (QED) is 0.843. The number of anilines is 1. The molecule has 0 bridgehead atoms. The normalized spacial score (nSPS) is 13.7. The van der Waals surface area contributed by atoms with Gasteiger partial charge < -0.3 is 11.1 Å². The van der Waals surface area contributed by atoms with Crippen molar-refractivity contribution in [2.24, 2.45) is 5.41 Å². The zero-order chi connectivity index (χ0) is 13.1. The number of nitrogens with two attached hydrogens (primary N) is 1. The third-order valence-electron chi connectivity index (χ3n) is 3.23. The van der Waals surface area contributed by atoms with E-state index in [4.69, 9.17) is 5.73 Å². The summed E-state index contributed by atoms with van der Waals surface area (Å²) in [4.78, 5) is 4.20. The first-order valence-corrected chi connectivity index (χ1v) is 6.23. The van der Waals surface area contributed by atoms with Gasteiger partial charge in [0.15, 0.2) is 0 Å². The second-order valence-electron chi connectivity index (χ2n) is 5.80. The molecule has 1 heterocycles. The molecule has 0 saturated carbocycles. The number of aromatic nitrogens is 1. The largest absolute Gasteiger partial charge is 0.383 e. The van der Waals surface area contributed by atoms with E-state index in [1.165, 1.54) is 5.56 Å². The van der Waals surface area contributed by atoms with Gasteiger partial charge in [0.05, 0.1) is 0 Å². The van der Waals surface area contributed by atoms with Crippen LogP contribution in [0.4, 0.5) is 5.82 Å². The standard InChI is InChI=1S/C14H25N3/c1-10-8-11(13(15)17-9-10)6-7-12(16-5)14(2,3)4/h8-9,12,16H,6-7H2,1-5H3,(H2,15,17). The molecule has 0 spiro atoms. The third kappa shape index (κ3) is 4.00. The van der Waals surface area contributed by atoms with E-state index in [0.29, 0.717) is 11.9 Å². The molecule has 0 radical (unpaired) electrons. The summed E-state index contributed by atoms with van der Waals surface area (Å²) in [6.45, 7) is 8.82. The number of nitrogens with zero attached hydrogens (tertiary/aromatic N) is 1. The second-order valence-corrected chi connectivity index (χ2v) is 5.80. The summed E-state index contributed by atoms with van der Waals surface area (Å²) in [7, 11) is 2.02. The van der Waals surface area contributed by atoms with Crippen LogP contribution in [0.25, 0.3) is 0 Å². The minimum absolute atomic E-state index is 0.265. The molecule has 0 saturated heterocycles. The van der Waals surface area contributed by atoms with Gasteiger partial charge in [0, 0.05) is 12.2 Å². The van der Waals surface area contributed by atoms with Crippen LogP contribution in [0, 0.1) is 12.3 Å². The maximum Gasteiger partial charge on any atom is 0.126 e. The van der Waals surface area contributed by atoms with Gasteiger partial charge in [-0.1, -0.05) is 26.8 Å². The van der Waals surface area contributed by atoms with E-state index in [2.05, 4.69) is 44.1 Å². The second kappa shape index (κ2) is 5.50. The van der Waals surface area contributed by atoms with E-state index in [1.54, 1.807) is 0 Å². The number of nitrogens with one attached hydrogen (secondary N) is 1. The van der Waals surface area contributed by atoms with Crippen LogP contribution in [0.5, 0.6) is 0 Å². The Kier molecular flexibility index (Phi) is 4.52. The zero-order valence-electron chi connectivity index (χ0n) is 11.7. The average molecular weight is 235 g/mol. The summed E-state index contributed by atoms with van der Waals surface area (Å²) in [6.07, 6.45) is 3.87. The molecule has 1 aromatic rings. The highest BCUT2D eigenvalue weighted by Crippen LogP contribution is 2.24. The lowest BCUT2D eigenvalue weighted by Gasteiger charge is -2.30. The van der Waals surface area contributed by atoms with Crippen molar-refractivity contribution >= 4 is 5.82 Å². The van der Waals surface area contributed by atoms with E-state index in [9.17, 15) is 0 Å². The van der Waals surface area contributed by atoms with Gasteiger partial charge in [0.2, 0.25) is 0 Å². The van der Waals surface area contributed by atoms with Crippen LogP contribution in [-0.4, -0.2) is 18.1 Å². The number of pyridine rings is 1. The van der Waals surface area contributed by atoms with Crippen molar-refractivity contribution in [3.63, 3.8) is 0 Å². The van der Waals surface area contributed by atoms with Crippen LogP contribution in [0.15, 0.2) is 12.3 Å². The maximum absolute atomic E-state index is 5.89. The molecule has 0 aliphatic carbocycles. The fourth-order valence-corrected chi connectivity index (χ4v) is 2.15. The number of rotatable bonds is 4. The number of hydrogen-bond donors (Lipinski definition) is 2. The summed E-state index contributed by atoms with van der Waals surface area (Å²) in [6, 6.07) is 2.62. The smallest absolute Gasteiger partial charge is 0.126 e. The van der Waals surface area contributed by atoms with Gasteiger partial charge in [-0.2, -0.15) is 0 Å². The minimum atomic E-state index is 0.265. The molecule has 0 aromatic carbocycles. The van der Waals surface area contributed by atoms with E-state index < -0.39 is 0 Å². The predicted octanol–water partition coefficient (Wildman–Crippen LogP) is 2.54. The molecule has 1 rings (SSSR count). The van der Waals surface area contributed by atoms with E-state index in [-0.39, 0.29) is 5.41 Å². The van der Waals surface area contributed by atoms with Gasteiger partial charge in [-0.25, -0.2) is 4.98 Å². The van der Waals surface area contributed by atoms with Crippen molar-refractivity contribution in [2.75, 3.05) is 12.8 Å². The fourth-order valence-electron chi connectivity index (χ4n) is 2.15. The van der Waals surface area contributed by atoms with Gasteiger partial charge in [0.1, 0.15) is 5.82 Å². The summed E-state index contributed by atoms with van der Waals surface area (Å²) in [5, 5.41) is 3.39. The Morgan fingerprint density at radius 2 is 2.06 bits per heavy atom. The van der Waals surface area contributed by atoms with Gasteiger partial charge >= 0.3 is 0 Å². The van der Waals surface area contributed by atoms with Crippen molar-refractivity contribution in [1.82, 2.24) is 10.3 Å². The highest BCUT2D eigenvalue weighted by Gasteiger charge is 2.22. The molecule has 3 N–H and O–H groups in total. The van der Waals surface area contributed by atoms with Crippen molar-refractivity contribution in [1.29, 1.82) is 0 Å². The van der Waals surface area contributed by atoms with Crippen LogP contribution in [0.1, 0.15) is 38.3 Å². The SMILES string of the molecule is CNC(CCc1cc(C)cnc1N)C(C)(C)C. The Morgan fingerprint density at radius 1 is 1.41 bits per heavy atom. The van der Waals surface area contributed by atoms with E-state index >= 15 is 0 Å². The first-order valence-electron chi connectivity index (χ1n) is 6.23. The number of aryl methyl sites for hydroxylation is 2. The molecule has 17 heavy (non-hydrogen) atoms. The van der Waals surface area contributed by atoms with Crippen LogP contribution < -0.4 is 11.1 Å². The molecule has 0 aliphatic heterocycles. The Hall–Kier alpha value is -1.09. The highest BCUT2D eigenvalue weighted by molar-refractivity contribution is 5.40.